The molecule has 0 saturated heterocycles. The molecule has 0 bridgehead atoms. The van der Waals surface area contributed by atoms with Crippen molar-refractivity contribution in [3.05, 3.63) is 46.7 Å². The number of nitrogens with two attached hydrogens (primary N) is 1. The topological polar surface area (TPSA) is 43.8 Å². The zero-order chi connectivity index (χ0) is 13.3. The molecule has 2 aromatic rings. The highest BCUT2D eigenvalue weighted by Gasteiger charge is 2.20. The molecular weight excluding hydrogens is 246 g/mol. The first kappa shape index (κ1) is 13.0. The SMILES string of the molecule is CC(C)(C)c1nn(Cc2ccc(Cl)cc2)cc1N. The van der Waals surface area contributed by atoms with Crippen LogP contribution in [0.1, 0.15) is 32.0 Å². The van der Waals surface area contributed by atoms with Crippen LogP contribution in [0, 0.1) is 0 Å². The minimum absolute atomic E-state index is 0.0324. The molecule has 3 nitrogen and oxygen atoms in total. The van der Waals surface area contributed by atoms with E-state index in [0.29, 0.717) is 6.54 Å². The zero-order valence-electron chi connectivity index (χ0n) is 10.9. The number of nitrogens with zero attached hydrogens (tertiary/aromatic N) is 2. The number of hydrogen-bond acceptors (Lipinski definition) is 2. The van der Waals surface area contributed by atoms with Crippen molar-refractivity contribution in [2.45, 2.75) is 32.7 Å². The second-order valence-corrected chi connectivity index (χ2v) is 5.94. The molecule has 0 amide bonds. The largest absolute Gasteiger partial charge is 0.396 e. The first-order valence-corrected chi connectivity index (χ1v) is 6.32. The quantitative estimate of drug-likeness (QED) is 0.902. The summed E-state index contributed by atoms with van der Waals surface area (Å²) in [4.78, 5) is 0. The van der Waals surface area contributed by atoms with Crippen LogP contribution in [0.4, 0.5) is 5.69 Å². The van der Waals surface area contributed by atoms with Gasteiger partial charge in [-0.25, -0.2) is 0 Å². The van der Waals surface area contributed by atoms with Gasteiger partial charge in [-0.1, -0.05) is 44.5 Å². The maximum atomic E-state index is 6.00. The molecule has 18 heavy (non-hydrogen) atoms. The van der Waals surface area contributed by atoms with Gasteiger partial charge in [0.05, 0.1) is 17.9 Å². The first-order valence-electron chi connectivity index (χ1n) is 5.94. The van der Waals surface area contributed by atoms with Gasteiger partial charge < -0.3 is 5.73 Å². The molecule has 0 unspecified atom stereocenters. The van der Waals surface area contributed by atoms with E-state index < -0.39 is 0 Å². The number of nitrogen functional groups attached to an aromatic ring is 1. The van der Waals surface area contributed by atoms with E-state index in [4.69, 9.17) is 17.3 Å². The Morgan fingerprint density at radius 2 is 1.83 bits per heavy atom. The summed E-state index contributed by atoms with van der Waals surface area (Å²) >= 11 is 5.86. The molecule has 1 heterocycles. The molecule has 1 aromatic heterocycles. The Morgan fingerprint density at radius 1 is 1.22 bits per heavy atom. The standard InChI is InChI=1S/C14H18ClN3/c1-14(2,3)13-12(16)9-18(17-13)8-10-4-6-11(15)7-5-10/h4-7,9H,8,16H2,1-3H3. The minimum Gasteiger partial charge on any atom is -0.396 e. The zero-order valence-corrected chi connectivity index (χ0v) is 11.7. The maximum Gasteiger partial charge on any atom is 0.0907 e. The summed E-state index contributed by atoms with van der Waals surface area (Å²) in [6.45, 7) is 7.03. The summed E-state index contributed by atoms with van der Waals surface area (Å²) in [5.41, 5.74) is 8.81. The van der Waals surface area contributed by atoms with E-state index in [9.17, 15) is 0 Å². The molecule has 2 rings (SSSR count). The molecular formula is C14H18ClN3. The van der Waals surface area contributed by atoms with Crippen molar-refractivity contribution in [1.82, 2.24) is 9.78 Å². The Bertz CT molecular complexity index is 535. The average Bonchev–Trinajstić information content (AvgIpc) is 2.63. The third kappa shape index (κ3) is 2.85. The smallest absolute Gasteiger partial charge is 0.0907 e. The van der Waals surface area contributed by atoms with E-state index in [1.165, 1.54) is 0 Å². The van der Waals surface area contributed by atoms with Crippen LogP contribution in [0.2, 0.25) is 5.02 Å². The molecule has 0 fully saturated rings. The molecule has 96 valence electrons. The van der Waals surface area contributed by atoms with E-state index in [2.05, 4.69) is 25.9 Å². The summed E-state index contributed by atoms with van der Waals surface area (Å²) in [5, 5.41) is 5.30. The van der Waals surface area contributed by atoms with Crippen molar-refractivity contribution >= 4 is 17.3 Å². The highest BCUT2D eigenvalue weighted by atomic mass is 35.5. The Kier molecular flexibility index (Phi) is 3.35. The number of benzene rings is 1. The van der Waals surface area contributed by atoms with Gasteiger partial charge in [0.25, 0.3) is 0 Å². The average molecular weight is 264 g/mol. The molecule has 0 atom stereocenters. The van der Waals surface area contributed by atoms with Gasteiger partial charge >= 0.3 is 0 Å². The summed E-state index contributed by atoms with van der Waals surface area (Å²) in [6.07, 6.45) is 1.88. The fourth-order valence-corrected chi connectivity index (χ4v) is 2.00. The lowest BCUT2D eigenvalue weighted by Gasteiger charge is -2.15. The number of rotatable bonds is 2. The normalized spacial score (nSPS) is 11.8. The third-order valence-corrected chi connectivity index (χ3v) is 3.01. The van der Waals surface area contributed by atoms with E-state index in [0.717, 1.165) is 22.0 Å². The van der Waals surface area contributed by atoms with Crippen LogP contribution in [-0.4, -0.2) is 9.78 Å². The van der Waals surface area contributed by atoms with Crippen LogP contribution < -0.4 is 5.73 Å². The fourth-order valence-electron chi connectivity index (χ4n) is 1.88. The van der Waals surface area contributed by atoms with Crippen LogP contribution in [0.15, 0.2) is 30.5 Å². The van der Waals surface area contributed by atoms with Crippen LogP contribution in [0.5, 0.6) is 0 Å². The second-order valence-electron chi connectivity index (χ2n) is 5.51. The van der Waals surface area contributed by atoms with Gasteiger partial charge in [-0.2, -0.15) is 5.10 Å². The highest BCUT2D eigenvalue weighted by molar-refractivity contribution is 6.30. The van der Waals surface area contributed by atoms with E-state index in [1.54, 1.807) is 0 Å². The number of hydrogen-bond donors (Lipinski definition) is 1. The van der Waals surface area contributed by atoms with Gasteiger partial charge in [0, 0.05) is 16.6 Å². The summed E-state index contributed by atoms with van der Waals surface area (Å²) in [5.74, 6) is 0. The van der Waals surface area contributed by atoms with Gasteiger partial charge in [0.2, 0.25) is 0 Å². The molecule has 0 aliphatic heterocycles. The summed E-state index contributed by atoms with van der Waals surface area (Å²) < 4.78 is 1.87. The summed E-state index contributed by atoms with van der Waals surface area (Å²) in [6, 6.07) is 7.76. The first-order chi connectivity index (χ1) is 8.36. The lowest BCUT2D eigenvalue weighted by Crippen LogP contribution is -2.14. The Labute approximate surface area is 113 Å². The molecule has 1 aromatic carbocycles. The van der Waals surface area contributed by atoms with Crippen LogP contribution in [-0.2, 0) is 12.0 Å². The maximum absolute atomic E-state index is 6.00. The van der Waals surface area contributed by atoms with Crippen LogP contribution in [0.25, 0.3) is 0 Å². The van der Waals surface area contributed by atoms with Gasteiger partial charge in [0.15, 0.2) is 0 Å². The van der Waals surface area contributed by atoms with Gasteiger partial charge in [0.1, 0.15) is 0 Å². The van der Waals surface area contributed by atoms with Gasteiger partial charge in [-0.05, 0) is 17.7 Å². The van der Waals surface area contributed by atoms with Crippen LogP contribution in [0.3, 0.4) is 0 Å². The molecule has 2 N–H and O–H groups in total. The van der Waals surface area contributed by atoms with Crippen molar-refractivity contribution in [2.24, 2.45) is 0 Å². The molecule has 0 saturated carbocycles. The summed E-state index contributed by atoms with van der Waals surface area (Å²) in [7, 11) is 0. The Balaban J connectivity index is 2.23. The molecule has 4 heteroatoms. The Hall–Kier alpha value is -1.48. The predicted molar refractivity (Wildman–Crippen MR) is 75.9 cm³/mol. The monoisotopic (exact) mass is 263 g/mol. The molecule has 0 aliphatic carbocycles. The van der Waals surface area contributed by atoms with Crippen molar-refractivity contribution in [1.29, 1.82) is 0 Å². The minimum atomic E-state index is -0.0324. The van der Waals surface area contributed by atoms with E-state index in [-0.39, 0.29) is 5.41 Å². The second kappa shape index (κ2) is 4.65. The van der Waals surface area contributed by atoms with Crippen LogP contribution >= 0.6 is 11.6 Å². The predicted octanol–water partition coefficient (Wildman–Crippen LogP) is 3.46. The fraction of sp³-hybridized carbons (Fsp3) is 0.357. The van der Waals surface area contributed by atoms with Crippen molar-refractivity contribution in [2.75, 3.05) is 5.73 Å². The van der Waals surface area contributed by atoms with E-state index in [1.807, 2.05) is 35.1 Å². The van der Waals surface area contributed by atoms with Gasteiger partial charge in [-0.3, -0.25) is 4.68 Å². The Morgan fingerprint density at radius 3 is 2.33 bits per heavy atom. The highest BCUT2D eigenvalue weighted by Crippen LogP contribution is 2.26. The number of halogens is 1. The molecule has 0 spiro atoms. The number of anilines is 1. The van der Waals surface area contributed by atoms with Gasteiger partial charge in [-0.15, -0.1) is 0 Å². The third-order valence-electron chi connectivity index (χ3n) is 2.76. The lowest BCUT2D eigenvalue weighted by atomic mass is 9.92. The van der Waals surface area contributed by atoms with Crippen molar-refractivity contribution in [3.63, 3.8) is 0 Å². The lowest BCUT2D eigenvalue weighted by molar-refractivity contribution is 0.546. The molecule has 0 radical (unpaired) electrons. The van der Waals surface area contributed by atoms with E-state index >= 15 is 0 Å². The van der Waals surface area contributed by atoms with Crippen molar-refractivity contribution in [3.8, 4) is 0 Å². The number of aromatic nitrogens is 2. The van der Waals surface area contributed by atoms with Crippen molar-refractivity contribution < 1.29 is 0 Å². The molecule has 0 aliphatic rings.